The first-order valence-corrected chi connectivity index (χ1v) is 11.2. The average Bonchev–Trinajstić information content (AvgIpc) is 2.73. The van der Waals surface area contributed by atoms with E-state index >= 15 is 0 Å². The van der Waals surface area contributed by atoms with E-state index in [1.54, 1.807) is 13.8 Å². The number of rotatable bonds is 8. The fourth-order valence-electron chi connectivity index (χ4n) is 2.75. The molecule has 2 aromatic carbocycles. The Labute approximate surface area is 188 Å². The lowest BCUT2D eigenvalue weighted by Gasteiger charge is -2.18. The Hall–Kier alpha value is -2.63. The van der Waals surface area contributed by atoms with E-state index in [0.717, 1.165) is 12.1 Å². The molecular formula is C20H20ClF3N2O5S. The van der Waals surface area contributed by atoms with Crippen LogP contribution in [-0.2, 0) is 25.7 Å². The summed E-state index contributed by atoms with van der Waals surface area (Å²) < 4.78 is 70.2. The van der Waals surface area contributed by atoms with Crippen molar-refractivity contribution in [2.75, 3.05) is 25.0 Å². The second-order valence-corrected chi connectivity index (χ2v) is 8.74. The molecule has 0 bridgehead atoms. The lowest BCUT2D eigenvalue weighted by Crippen LogP contribution is -2.30. The fraction of sp³-hybridized carbons (Fsp3) is 0.300. The molecule has 0 aliphatic heterocycles. The van der Waals surface area contributed by atoms with Gasteiger partial charge in [0.05, 0.1) is 26.7 Å². The number of sulfonamides is 1. The van der Waals surface area contributed by atoms with Crippen LogP contribution in [0.4, 0.5) is 18.9 Å². The van der Waals surface area contributed by atoms with Crippen molar-refractivity contribution in [3.8, 4) is 0 Å². The molecule has 2 rings (SSSR count). The maximum absolute atomic E-state index is 13.1. The summed E-state index contributed by atoms with van der Waals surface area (Å²) >= 11 is 5.76. The Morgan fingerprint density at radius 3 is 2.19 bits per heavy atom. The van der Waals surface area contributed by atoms with E-state index in [9.17, 15) is 31.2 Å². The summed E-state index contributed by atoms with van der Waals surface area (Å²) in [7, 11) is -3.71. The van der Waals surface area contributed by atoms with Crippen LogP contribution in [0.15, 0.2) is 47.4 Å². The predicted molar refractivity (Wildman–Crippen MR) is 112 cm³/mol. The molecule has 0 spiro atoms. The number of para-hydroxylation sites is 1. The standard InChI is InChI=1S/C20H20ClF3N2O5S/c1-3-26(4-2)32(29,30)14-10-8-13(9-11-14)19(28)31-12-17(27)25-18-15(20(22,23)24)6-5-7-16(18)21/h5-11H,3-4,12H2,1-2H3,(H,25,27). The minimum atomic E-state index is -4.75. The summed E-state index contributed by atoms with van der Waals surface area (Å²) in [6.07, 6.45) is -4.75. The van der Waals surface area contributed by atoms with Gasteiger partial charge in [-0.25, -0.2) is 13.2 Å². The summed E-state index contributed by atoms with van der Waals surface area (Å²) in [5.74, 6) is -1.99. The van der Waals surface area contributed by atoms with Crippen molar-refractivity contribution >= 4 is 39.2 Å². The molecule has 0 radical (unpaired) electrons. The van der Waals surface area contributed by atoms with Gasteiger partial charge in [0, 0.05) is 13.1 Å². The zero-order chi connectivity index (χ0) is 24.1. The van der Waals surface area contributed by atoms with Crippen LogP contribution in [0.25, 0.3) is 0 Å². The Bertz CT molecular complexity index is 1090. The molecule has 7 nitrogen and oxygen atoms in total. The van der Waals surface area contributed by atoms with Gasteiger partial charge in [0.1, 0.15) is 0 Å². The molecule has 0 unspecified atom stereocenters. The topological polar surface area (TPSA) is 92.8 Å². The number of carbonyl (C=O) groups excluding carboxylic acids is 2. The van der Waals surface area contributed by atoms with Crippen molar-refractivity contribution in [1.29, 1.82) is 0 Å². The quantitative estimate of drug-likeness (QED) is 0.558. The number of carbonyl (C=O) groups is 2. The molecule has 32 heavy (non-hydrogen) atoms. The first-order chi connectivity index (χ1) is 14.9. The van der Waals surface area contributed by atoms with Gasteiger partial charge in [-0.15, -0.1) is 0 Å². The Morgan fingerprint density at radius 1 is 1.06 bits per heavy atom. The molecule has 1 amide bonds. The highest BCUT2D eigenvalue weighted by atomic mass is 35.5. The summed E-state index contributed by atoms with van der Waals surface area (Å²) in [5.41, 5.74) is -1.83. The highest BCUT2D eigenvalue weighted by Crippen LogP contribution is 2.38. The van der Waals surface area contributed by atoms with Crippen LogP contribution in [0, 0.1) is 0 Å². The maximum Gasteiger partial charge on any atom is 0.418 e. The monoisotopic (exact) mass is 492 g/mol. The molecule has 1 N–H and O–H groups in total. The van der Waals surface area contributed by atoms with Crippen LogP contribution in [0.5, 0.6) is 0 Å². The summed E-state index contributed by atoms with van der Waals surface area (Å²) in [6.45, 7) is 3.07. The van der Waals surface area contributed by atoms with Crippen LogP contribution in [0.1, 0.15) is 29.8 Å². The van der Waals surface area contributed by atoms with E-state index in [-0.39, 0.29) is 28.6 Å². The van der Waals surface area contributed by atoms with E-state index in [1.807, 2.05) is 5.32 Å². The highest BCUT2D eigenvalue weighted by Gasteiger charge is 2.35. The first-order valence-electron chi connectivity index (χ1n) is 9.34. The Morgan fingerprint density at radius 2 is 1.66 bits per heavy atom. The van der Waals surface area contributed by atoms with Crippen LogP contribution in [0.2, 0.25) is 5.02 Å². The average molecular weight is 493 g/mol. The predicted octanol–water partition coefficient (Wildman–Crippen LogP) is 4.18. The van der Waals surface area contributed by atoms with Crippen LogP contribution in [0.3, 0.4) is 0 Å². The van der Waals surface area contributed by atoms with Gasteiger partial charge >= 0.3 is 12.1 Å². The lowest BCUT2D eigenvalue weighted by molar-refractivity contribution is -0.137. The van der Waals surface area contributed by atoms with Crippen molar-refractivity contribution in [2.24, 2.45) is 0 Å². The second kappa shape index (κ2) is 10.3. The first kappa shape index (κ1) is 25.6. The minimum Gasteiger partial charge on any atom is -0.452 e. The zero-order valence-corrected chi connectivity index (χ0v) is 18.6. The van der Waals surface area contributed by atoms with Gasteiger partial charge in [-0.2, -0.15) is 17.5 Å². The number of hydrogen-bond donors (Lipinski definition) is 1. The number of nitrogens with zero attached hydrogens (tertiary/aromatic N) is 1. The van der Waals surface area contributed by atoms with Gasteiger partial charge in [0.25, 0.3) is 5.91 Å². The molecule has 2 aromatic rings. The SMILES string of the molecule is CCN(CC)S(=O)(=O)c1ccc(C(=O)OCC(=O)Nc2c(Cl)cccc2C(F)(F)F)cc1. The third-order valence-electron chi connectivity index (χ3n) is 4.35. The fourth-order valence-corrected chi connectivity index (χ4v) is 4.43. The number of alkyl halides is 3. The number of halogens is 4. The number of benzene rings is 2. The van der Waals surface area contributed by atoms with Gasteiger partial charge in [-0.05, 0) is 36.4 Å². The molecule has 0 aromatic heterocycles. The van der Waals surface area contributed by atoms with E-state index in [2.05, 4.69) is 0 Å². The third kappa shape index (κ3) is 5.99. The molecule has 12 heteroatoms. The number of hydrogen-bond acceptors (Lipinski definition) is 5. The van der Waals surface area contributed by atoms with Gasteiger partial charge in [0.15, 0.2) is 6.61 Å². The van der Waals surface area contributed by atoms with Crippen molar-refractivity contribution in [1.82, 2.24) is 4.31 Å². The van der Waals surface area contributed by atoms with Crippen LogP contribution >= 0.6 is 11.6 Å². The number of ether oxygens (including phenoxy) is 1. The lowest BCUT2D eigenvalue weighted by atomic mass is 10.1. The summed E-state index contributed by atoms with van der Waals surface area (Å²) in [5, 5.41) is 1.66. The van der Waals surface area contributed by atoms with Crippen molar-refractivity contribution in [3.05, 3.63) is 58.6 Å². The van der Waals surface area contributed by atoms with E-state index in [1.165, 1.54) is 34.6 Å². The second-order valence-electron chi connectivity index (χ2n) is 6.40. The van der Waals surface area contributed by atoms with Gasteiger partial charge in [0.2, 0.25) is 10.0 Å². The molecule has 0 fully saturated rings. The van der Waals surface area contributed by atoms with Crippen molar-refractivity contribution < 1.29 is 35.9 Å². The molecule has 0 aliphatic rings. The Kier molecular flexibility index (Phi) is 8.27. The van der Waals surface area contributed by atoms with Crippen LogP contribution < -0.4 is 5.32 Å². The summed E-state index contributed by atoms with van der Waals surface area (Å²) in [6, 6.07) is 7.89. The smallest absolute Gasteiger partial charge is 0.418 e. The minimum absolute atomic E-state index is 0.0195. The zero-order valence-electron chi connectivity index (χ0n) is 17.1. The molecule has 0 aliphatic carbocycles. The van der Waals surface area contributed by atoms with Gasteiger partial charge in [-0.1, -0.05) is 31.5 Å². The third-order valence-corrected chi connectivity index (χ3v) is 6.73. The normalized spacial score (nSPS) is 12.0. The maximum atomic E-state index is 13.1. The molecule has 0 atom stereocenters. The van der Waals surface area contributed by atoms with Gasteiger partial charge in [-0.3, -0.25) is 4.79 Å². The summed E-state index contributed by atoms with van der Waals surface area (Å²) in [4.78, 5) is 24.1. The molecule has 0 heterocycles. The number of nitrogens with one attached hydrogen (secondary N) is 1. The Balaban J connectivity index is 2.06. The van der Waals surface area contributed by atoms with Crippen molar-refractivity contribution in [3.63, 3.8) is 0 Å². The van der Waals surface area contributed by atoms with Crippen LogP contribution in [-0.4, -0.2) is 44.3 Å². The molecule has 0 saturated heterocycles. The van der Waals surface area contributed by atoms with E-state index in [0.29, 0.717) is 0 Å². The number of anilines is 1. The molecule has 0 saturated carbocycles. The number of esters is 1. The molecular weight excluding hydrogens is 473 g/mol. The number of amides is 1. The highest BCUT2D eigenvalue weighted by molar-refractivity contribution is 7.89. The molecule has 174 valence electrons. The van der Waals surface area contributed by atoms with E-state index in [4.69, 9.17) is 16.3 Å². The van der Waals surface area contributed by atoms with E-state index < -0.39 is 45.9 Å². The largest absolute Gasteiger partial charge is 0.452 e. The van der Waals surface area contributed by atoms with Crippen molar-refractivity contribution in [2.45, 2.75) is 24.9 Å². The van der Waals surface area contributed by atoms with Gasteiger partial charge < -0.3 is 10.1 Å².